The van der Waals surface area contributed by atoms with Gasteiger partial charge in [0, 0.05) is 27.2 Å². The Morgan fingerprint density at radius 1 is 0.565 bits per heavy atom. The smallest absolute Gasteiger partial charge is 0.397 e. The second-order valence-corrected chi connectivity index (χ2v) is 22.0. The van der Waals surface area contributed by atoms with Gasteiger partial charge in [0.1, 0.15) is 134 Å². The third kappa shape index (κ3) is 16.2. The number of aliphatic hydroxyl groups excluding tert-OH is 16. The number of aliphatic carboxylic acids is 1. The second-order valence-electron chi connectivity index (χ2n) is 20.9. The summed E-state index contributed by atoms with van der Waals surface area (Å²) in [5.41, 5.74) is 0. The van der Waals surface area contributed by atoms with Crippen LogP contribution in [0, 0.1) is 0 Å². The highest BCUT2D eigenvalue weighted by Crippen LogP contribution is 2.40. The van der Waals surface area contributed by atoms with Gasteiger partial charge in [0.15, 0.2) is 31.5 Å². The average Bonchev–Trinajstić information content (AvgIpc) is 1.56. The predicted molar refractivity (Wildman–Crippen MR) is 260 cm³/mol. The molecule has 6 rings (SSSR count). The summed E-state index contributed by atoms with van der Waals surface area (Å²) in [6.45, 7) is -1.52. The molecule has 6 heterocycles. The van der Waals surface area contributed by atoms with E-state index in [0.29, 0.717) is 0 Å². The molecule has 0 aliphatic carbocycles. The fourth-order valence-electron chi connectivity index (χ4n) is 10.5. The predicted octanol–water partition coefficient (Wildman–Crippen LogP) is -13.6. The molecule has 0 aromatic heterocycles. The third-order valence-corrected chi connectivity index (χ3v) is 15.2. The minimum absolute atomic E-state index is 0.846. The topological polar surface area (TPSA) is 613 Å². The lowest BCUT2D eigenvalue weighted by Gasteiger charge is -2.51. The number of carboxylic acids is 1. The molecule has 6 fully saturated rings. The van der Waals surface area contributed by atoms with Crippen molar-refractivity contribution >= 4 is 34.1 Å². The molecule has 0 bridgehead atoms. The number of rotatable bonds is 23. The fraction of sp³-hybridized carbons (Fsp3) is 0.911. The van der Waals surface area contributed by atoms with Gasteiger partial charge in [-0.2, -0.15) is 8.42 Å². The fourth-order valence-corrected chi connectivity index (χ4v) is 11.0. The summed E-state index contributed by atoms with van der Waals surface area (Å²) in [5.74, 6) is -8.05. The normalized spacial score (nSPS) is 45.2. The summed E-state index contributed by atoms with van der Waals surface area (Å²) in [6, 6.07) is -5.43. The Morgan fingerprint density at radius 3 is 1.58 bits per heavy atom. The van der Waals surface area contributed by atoms with Gasteiger partial charge in [-0.1, -0.05) is 0 Å². The number of hydrogen-bond acceptors (Lipinski definition) is 34. The molecule has 0 aromatic carbocycles. The van der Waals surface area contributed by atoms with Crippen molar-refractivity contribution in [1.29, 1.82) is 0 Å². The maximum atomic E-state index is 13.1. The van der Waals surface area contributed by atoms with Crippen molar-refractivity contribution in [3.8, 4) is 0 Å². The number of aliphatic hydroxyl groups is 16. The number of carboxylic acid groups (broad SMARTS) is 1. The van der Waals surface area contributed by atoms with E-state index in [2.05, 4.69) is 20.1 Å². The molecule has 39 nitrogen and oxygen atoms in total. The summed E-state index contributed by atoms with van der Waals surface area (Å²) < 4.78 is 101. The first-order chi connectivity index (χ1) is 39.7. The van der Waals surface area contributed by atoms with Crippen molar-refractivity contribution in [3.63, 3.8) is 0 Å². The highest BCUT2D eigenvalue weighted by molar-refractivity contribution is 7.80. The number of carbonyl (C=O) groups is 4. The van der Waals surface area contributed by atoms with Crippen molar-refractivity contribution in [3.05, 3.63) is 0 Å². The lowest BCUT2D eigenvalue weighted by atomic mass is 9.88. The number of carbonyl (C=O) groups excluding carboxylic acids is 3. The Hall–Kier alpha value is -3.33. The minimum atomic E-state index is -5.47. The van der Waals surface area contributed by atoms with E-state index in [4.69, 9.17) is 52.1 Å². The van der Waals surface area contributed by atoms with E-state index < -0.39 is 263 Å². The van der Waals surface area contributed by atoms with E-state index in [-0.39, 0.29) is 0 Å². The lowest BCUT2D eigenvalue weighted by molar-refractivity contribution is -0.383. The first kappa shape index (κ1) is 70.8. The zero-order valence-electron chi connectivity index (χ0n) is 45.4. The molecule has 21 N–H and O–H groups in total. The van der Waals surface area contributed by atoms with Gasteiger partial charge < -0.3 is 155 Å². The van der Waals surface area contributed by atoms with Gasteiger partial charge in [0.2, 0.25) is 17.7 Å². The van der Waals surface area contributed by atoms with Gasteiger partial charge in [-0.25, -0.2) is 8.98 Å². The van der Waals surface area contributed by atoms with Crippen LogP contribution in [0.15, 0.2) is 0 Å². The third-order valence-electron chi connectivity index (χ3n) is 14.8. The molecule has 0 unspecified atom stereocenters. The minimum Gasteiger partial charge on any atom is -0.477 e. The van der Waals surface area contributed by atoms with Gasteiger partial charge >= 0.3 is 16.4 Å². The highest BCUT2D eigenvalue weighted by atomic mass is 32.3. The molecule has 492 valence electrons. The van der Waals surface area contributed by atoms with E-state index in [1.54, 1.807) is 0 Å². The van der Waals surface area contributed by atoms with E-state index >= 15 is 0 Å². The number of hydrogen-bond donors (Lipinski definition) is 21. The van der Waals surface area contributed by atoms with Crippen LogP contribution in [-0.2, 0) is 85.9 Å². The molecule has 85 heavy (non-hydrogen) atoms. The zero-order chi connectivity index (χ0) is 63.5. The Kier molecular flexibility index (Phi) is 24.6. The quantitative estimate of drug-likeness (QED) is 0.0422. The van der Waals surface area contributed by atoms with E-state index in [1.165, 1.54) is 6.92 Å². The molecular weight excluding hydrogens is 1190 g/mol. The highest BCUT2D eigenvalue weighted by Gasteiger charge is 2.61. The Balaban J connectivity index is 1.31. The molecule has 31 atom stereocenters. The molecule has 6 aliphatic rings. The number of ether oxygens (including phenoxy) is 11. The average molecular weight is 1270 g/mol. The molecule has 6 aliphatic heterocycles. The van der Waals surface area contributed by atoms with Crippen LogP contribution in [0.1, 0.15) is 34.1 Å². The maximum absolute atomic E-state index is 13.1. The van der Waals surface area contributed by atoms with Crippen LogP contribution in [-0.4, -0.2) is 346 Å². The molecule has 0 spiro atoms. The van der Waals surface area contributed by atoms with Crippen LogP contribution in [0.3, 0.4) is 0 Å². The summed E-state index contributed by atoms with van der Waals surface area (Å²) in [4.78, 5) is 50.8. The number of nitrogens with one attached hydrogen (secondary N) is 3. The molecule has 40 heteroatoms. The van der Waals surface area contributed by atoms with Crippen molar-refractivity contribution in [1.82, 2.24) is 16.0 Å². The van der Waals surface area contributed by atoms with Gasteiger partial charge in [-0.05, 0) is 6.92 Å². The van der Waals surface area contributed by atoms with Crippen molar-refractivity contribution in [2.24, 2.45) is 0 Å². The van der Waals surface area contributed by atoms with Crippen LogP contribution in [0.2, 0.25) is 0 Å². The molecule has 3 amide bonds. The zero-order valence-corrected chi connectivity index (χ0v) is 46.2. The largest absolute Gasteiger partial charge is 0.477 e. The van der Waals surface area contributed by atoms with Crippen LogP contribution in [0.25, 0.3) is 0 Å². The Bertz CT molecular complexity index is 2340. The van der Waals surface area contributed by atoms with Crippen LogP contribution in [0.4, 0.5) is 0 Å². The maximum Gasteiger partial charge on any atom is 0.397 e. The van der Waals surface area contributed by atoms with E-state index in [9.17, 15) is 119 Å². The summed E-state index contributed by atoms with van der Waals surface area (Å²) in [5, 5.41) is 191. The Morgan fingerprint density at radius 2 is 1.05 bits per heavy atom. The first-order valence-electron chi connectivity index (χ1n) is 26.2. The van der Waals surface area contributed by atoms with Crippen LogP contribution < -0.4 is 16.0 Å². The molecule has 0 aromatic rings. The van der Waals surface area contributed by atoms with E-state index in [1.807, 2.05) is 0 Å². The summed E-state index contributed by atoms with van der Waals surface area (Å²) >= 11 is 0. The summed E-state index contributed by atoms with van der Waals surface area (Å²) in [7, 11) is -5.47. The molecular formula is C45H75N3O36S. The second kappa shape index (κ2) is 29.5. The first-order valence-corrected chi connectivity index (χ1v) is 27.6. The van der Waals surface area contributed by atoms with Crippen molar-refractivity contribution in [2.45, 2.75) is 224 Å². The lowest BCUT2D eigenvalue weighted by Crippen LogP contribution is -2.71. The van der Waals surface area contributed by atoms with Gasteiger partial charge in [0.05, 0.1) is 51.3 Å². The monoisotopic (exact) mass is 1270 g/mol. The Labute approximate surface area is 481 Å². The van der Waals surface area contributed by atoms with Gasteiger partial charge in [0.25, 0.3) is 5.79 Å². The molecule has 0 radical (unpaired) electrons. The molecule has 6 saturated heterocycles. The van der Waals surface area contributed by atoms with E-state index in [0.717, 1.165) is 20.8 Å². The van der Waals surface area contributed by atoms with Crippen LogP contribution in [0.5, 0.6) is 0 Å². The molecule has 0 saturated carbocycles. The number of amides is 3. The summed E-state index contributed by atoms with van der Waals surface area (Å²) in [6.07, 6.45) is -57.5. The van der Waals surface area contributed by atoms with Gasteiger partial charge in [-0.15, -0.1) is 0 Å². The van der Waals surface area contributed by atoms with Crippen molar-refractivity contribution in [2.75, 3.05) is 33.0 Å². The standard InChI is InChI=1S/C45H75N3O36S/c1-11-24(58)29(63)30(64)41(74-11)81-36-23(48-14(4)55)40(78-19(9-52)33(36)79-43-32(66)38(84-85(70,71)72)27(61)18(8-51)77-43)73-10-20-28(62)34(22(39(67)75-20)47-13(3)54)80-42-31(65)37(26(60)17(7-50)76-42)83-45(44(68)69)5-15(56)21(46-12(2)53)35(82-45)25(59)16(57)6-49/h11,15-43,49-52,56-67H,5-10H2,1-4H3,(H,46,53)(H,47,54)(H,48,55)(H,68,69)(H,70,71,72)/t11-,15-,16+,17+,18+,19+,20+,21+,22+,23+,24+,25+,26-,27-,28-,29+,30-,31+,32+,33+,34+,35+,36+,37-,38-,39-,40+,41-,42-,43-,45-/m0/s1. The SMILES string of the molecule is CC(=O)N[C@@H]1[C@@H](O[C@@H]2O[C@H](CO)[C@H](O)[C@H](O[C@]3(C(=O)O)C[C@H](O)[C@@H](NC(C)=O)[C@H]([C@H](O)[C@H](O)CO)O3)[C@H]2O)[C@@H](O)[C@@H](CO[C@@H]2O[C@H](CO)[C@@H](O[C@@H]3O[C@H](CO)[C@H](O)[C@H](OS(=O)(=O)O)[C@H]3O)[C@H](O[C@@H]3O[C@@H](C)[C@@H](O)[C@@H](O)[C@@H]3O)[C@H]2NC(C)=O)O[C@@H]1O. The van der Waals surface area contributed by atoms with Crippen LogP contribution >= 0.6 is 0 Å². The van der Waals surface area contributed by atoms with Gasteiger partial charge in [-0.3, -0.25) is 18.9 Å². The van der Waals surface area contributed by atoms with Crippen molar-refractivity contribution < 1.29 is 175 Å².